The third-order valence-corrected chi connectivity index (χ3v) is 2.40. The van der Waals surface area contributed by atoms with Gasteiger partial charge in [-0.2, -0.15) is 0 Å². The van der Waals surface area contributed by atoms with Crippen molar-refractivity contribution >= 4 is 12.0 Å². The summed E-state index contributed by atoms with van der Waals surface area (Å²) in [5.41, 5.74) is 2.40. The lowest BCUT2D eigenvalue weighted by molar-refractivity contribution is -0.135. The Bertz CT molecular complexity index is 350. The molecule has 0 spiro atoms. The van der Waals surface area contributed by atoms with E-state index in [1.54, 1.807) is 6.08 Å². The van der Waals surface area contributed by atoms with Crippen molar-refractivity contribution in [2.75, 3.05) is 0 Å². The summed E-state index contributed by atoms with van der Waals surface area (Å²) < 4.78 is 0. The number of aliphatic carboxylic acids is 1. The molecule has 1 aromatic carbocycles. The zero-order valence-corrected chi connectivity index (χ0v) is 9.65. The molecule has 0 bridgehead atoms. The summed E-state index contributed by atoms with van der Waals surface area (Å²) in [7, 11) is 0. The third-order valence-electron chi connectivity index (χ3n) is 2.40. The summed E-state index contributed by atoms with van der Waals surface area (Å²) in [5, 5.41) is 8.48. The molecule has 0 heterocycles. The predicted octanol–water partition coefficient (Wildman–Crippen LogP) is 3.52. The maximum Gasteiger partial charge on any atom is 0.307 e. The van der Waals surface area contributed by atoms with Crippen molar-refractivity contribution in [2.45, 2.75) is 32.6 Å². The molecule has 0 aliphatic heterocycles. The van der Waals surface area contributed by atoms with Crippen LogP contribution in [0.1, 0.15) is 37.3 Å². The summed E-state index contributed by atoms with van der Waals surface area (Å²) in [6.45, 7) is 2.18. The molecule has 0 atom stereocenters. The molecule has 1 rings (SSSR count). The topological polar surface area (TPSA) is 37.3 Å². The van der Waals surface area contributed by atoms with E-state index in [2.05, 4.69) is 19.1 Å². The first-order valence-electron chi connectivity index (χ1n) is 5.69. The molecule has 0 fully saturated rings. The lowest BCUT2D eigenvalue weighted by Crippen LogP contribution is -1.89. The van der Waals surface area contributed by atoms with Crippen LogP contribution in [0, 0.1) is 0 Å². The van der Waals surface area contributed by atoms with Gasteiger partial charge in [-0.3, -0.25) is 4.79 Å². The van der Waals surface area contributed by atoms with Crippen molar-refractivity contribution in [1.29, 1.82) is 0 Å². The number of benzene rings is 1. The SMILES string of the molecule is CCCCc1ccc(/C=C/CC(=O)O)cc1. The van der Waals surface area contributed by atoms with E-state index in [4.69, 9.17) is 5.11 Å². The third kappa shape index (κ3) is 4.78. The monoisotopic (exact) mass is 218 g/mol. The lowest BCUT2D eigenvalue weighted by atomic mass is 10.1. The fourth-order valence-corrected chi connectivity index (χ4v) is 1.47. The van der Waals surface area contributed by atoms with Crippen molar-refractivity contribution in [3.05, 3.63) is 41.5 Å². The van der Waals surface area contributed by atoms with E-state index in [0.29, 0.717) is 0 Å². The van der Waals surface area contributed by atoms with E-state index in [1.807, 2.05) is 18.2 Å². The standard InChI is InChI=1S/C14H18O2/c1-2-3-5-12-8-10-13(11-9-12)6-4-7-14(15)16/h4,6,8-11H,2-3,5,7H2,1H3,(H,15,16)/b6-4+. The minimum Gasteiger partial charge on any atom is -0.481 e. The van der Waals surface area contributed by atoms with Crippen LogP contribution >= 0.6 is 0 Å². The quantitative estimate of drug-likeness (QED) is 0.793. The minimum atomic E-state index is -0.796. The van der Waals surface area contributed by atoms with Crippen molar-refractivity contribution in [3.8, 4) is 0 Å². The molecule has 0 saturated heterocycles. The first-order chi connectivity index (χ1) is 7.72. The van der Waals surface area contributed by atoms with Crippen molar-refractivity contribution in [2.24, 2.45) is 0 Å². The fourth-order valence-electron chi connectivity index (χ4n) is 1.47. The van der Waals surface area contributed by atoms with E-state index in [1.165, 1.54) is 18.4 Å². The van der Waals surface area contributed by atoms with Crippen LogP contribution in [0.3, 0.4) is 0 Å². The van der Waals surface area contributed by atoms with Gasteiger partial charge in [-0.15, -0.1) is 0 Å². The maximum absolute atomic E-state index is 10.3. The predicted molar refractivity (Wildman–Crippen MR) is 66.3 cm³/mol. The molecule has 2 heteroatoms. The first-order valence-corrected chi connectivity index (χ1v) is 5.69. The van der Waals surface area contributed by atoms with Gasteiger partial charge < -0.3 is 5.11 Å². The highest BCUT2D eigenvalue weighted by atomic mass is 16.4. The number of carboxylic acids is 1. The second-order valence-corrected chi connectivity index (χ2v) is 3.85. The van der Waals surface area contributed by atoms with Crippen LogP contribution in [0.4, 0.5) is 0 Å². The Morgan fingerprint density at radius 1 is 1.31 bits per heavy atom. The van der Waals surface area contributed by atoms with Gasteiger partial charge in [0.15, 0.2) is 0 Å². The van der Waals surface area contributed by atoms with E-state index in [-0.39, 0.29) is 6.42 Å². The average Bonchev–Trinajstić information content (AvgIpc) is 2.27. The number of carbonyl (C=O) groups is 1. The molecule has 0 radical (unpaired) electrons. The Hall–Kier alpha value is -1.57. The van der Waals surface area contributed by atoms with Gasteiger partial charge in [0.25, 0.3) is 0 Å². The Morgan fingerprint density at radius 3 is 2.56 bits per heavy atom. The largest absolute Gasteiger partial charge is 0.481 e. The summed E-state index contributed by atoms with van der Waals surface area (Å²) in [6.07, 6.45) is 7.14. The van der Waals surface area contributed by atoms with Crippen LogP contribution in [-0.2, 0) is 11.2 Å². The van der Waals surface area contributed by atoms with Crippen LogP contribution < -0.4 is 0 Å². The normalized spacial score (nSPS) is 10.8. The molecule has 0 unspecified atom stereocenters. The molecule has 1 aromatic rings. The van der Waals surface area contributed by atoms with E-state index < -0.39 is 5.97 Å². The summed E-state index contributed by atoms with van der Waals surface area (Å²) in [4.78, 5) is 10.3. The Kier molecular flexibility index (Phi) is 5.34. The van der Waals surface area contributed by atoms with E-state index in [0.717, 1.165) is 12.0 Å². The highest BCUT2D eigenvalue weighted by Crippen LogP contribution is 2.09. The summed E-state index contributed by atoms with van der Waals surface area (Å²) in [5.74, 6) is -0.796. The zero-order valence-electron chi connectivity index (χ0n) is 9.65. The van der Waals surface area contributed by atoms with Gasteiger partial charge in [-0.25, -0.2) is 0 Å². The minimum absolute atomic E-state index is 0.0809. The number of hydrogen-bond acceptors (Lipinski definition) is 1. The van der Waals surface area contributed by atoms with Gasteiger partial charge in [0.05, 0.1) is 6.42 Å². The second-order valence-electron chi connectivity index (χ2n) is 3.85. The summed E-state index contributed by atoms with van der Waals surface area (Å²) >= 11 is 0. The number of carboxylic acid groups (broad SMARTS) is 1. The number of aryl methyl sites for hydroxylation is 1. The molecule has 1 N–H and O–H groups in total. The van der Waals surface area contributed by atoms with Crippen molar-refractivity contribution < 1.29 is 9.90 Å². The lowest BCUT2D eigenvalue weighted by Gasteiger charge is -2.00. The fraction of sp³-hybridized carbons (Fsp3) is 0.357. The van der Waals surface area contributed by atoms with Gasteiger partial charge in [0.1, 0.15) is 0 Å². The van der Waals surface area contributed by atoms with Crippen molar-refractivity contribution in [1.82, 2.24) is 0 Å². The molecular formula is C14H18O2. The van der Waals surface area contributed by atoms with Gasteiger partial charge in [-0.05, 0) is 24.0 Å². The first kappa shape index (κ1) is 12.5. The van der Waals surface area contributed by atoms with Crippen LogP contribution in [0.25, 0.3) is 6.08 Å². The van der Waals surface area contributed by atoms with Gasteiger partial charge in [-0.1, -0.05) is 49.8 Å². The van der Waals surface area contributed by atoms with Crippen LogP contribution in [0.5, 0.6) is 0 Å². The molecular weight excluding hydrogens is 200 g/mol. The average molecular weight is 218 g/mol. The number of hydrogen-bond donors (Lipinski definition) is 1. The van der Waals surface area contributed by atoms with E-state index >= 15 is 0 Å². The molecule has 0 aliphatic carbocycles. The maximum atomic E-state index is 10.3. The summed E-state index contributed by atoms with van der Waals surface area (Å²) in [6, 6.07) is 8.28. The molecule has 0 amide bonds. The van der Waals surface area contributed by atoms with Crippen LogP contribution in [-0.4, -0.2) is 11.1 Å². The molecule has 0 aliphatic rings. The molecule has 2 nitrogen and oxygen atoms in total. The Morgan fingerprint density at radius 2 is 2.00 bits per heavy atom. The Balaban J connectivity index is 2.50. The smallest absolute Gasteiger partial charge is 0.307 e. The zero-order chi connectivity index (χ0) is 11.8. The van der Waals surface area contributed by atoms with E-state index in [9.17, 15) is 4.79 Å². The van der Waals surface area contributed by atoms with Crippen LogP contribution in [0.2, 0.25) is 0 Å². The van der Waals surface area contributed by atoms with Gasteiger partial charge in [0.2, 0.25) is 0 Å². The molecule has 86 valence electrons. The highest BCUT2D eigenvalue weighted by Gasteiger charge is 1.93. The van der Waals surface area contributed by atoms with Gasteiger partial charge >= 0.3 is 5.97 Å². The molecule has 0 saturated carbocycles. The van der Waals surface area contributed by atoms with Crippen LogP contribution in [0.15, 0.2) is 30.3 Å². The highest BCUT2D eigenvalue weighted by molar-refractivity contribution is 5.70. The second kappa shape index (κ2) is 6.83. The van der Waals surface area contributed by atoms with Crippen molar-refractivity contribution in [3.63, 3.8) is 0 Å². The molecule has 16 heavy (non-hydrogen) atoms. The number of unbranched alkanes of at least 4 members (excludes halogenated alkanes) is 1. The number of rotatable bonds is 6. The Labute approximate surface area is 96.6 Å². The molecule has 0 aromatic heterocycles. The van der Waals surface area contributed by atoms with Gasteiger partial charge in [0, 0.05) is 0 Å².